The number of methoxy groups -OCH3 is 1. The molecule has 0 aliphatic carbocycles. The van der Waals surface area contributed by atoms with Gasteiger partial charge in [0.1, 0.15) is 11.4 Å². The molecule has 0 aliphatic heterocycles. The molecule has 0 aliphatic rings. The first kappa shape index (κ1) is 15.9. The van der Waals surface area contributed by atoms with Crippen molar-refractivity contribution in [1.82, 2.24) is 5.32 Å². The highest BCUT2D eigenvalue weighted by Crippen LogP contribution is 2.27. The highest BCUT2D eigenvalue weighted by molar-refractivity contribution is 5.82. The fraction of sp³-hybridized carbons (Fsp3) is 0.462. The standard InChI is InChI=1S/C13H17FN4O2/c1-3-13(12(19)20-2,16-7-8-17-18-15)10-5-4-6-11(14)9-10/h4-6,9,16H,3,7-8H2,1-2H3. The van der Waals surface area contributed by atoms with Gasteiger partial charge in [0.25, 0.3) is 0 Å². The zero-order chi connectivity index (χ0) is 15.0. The number of hydrogen-bond acceptors (Lipinski definition) is 4. The first-order valence-electron chi connectivity index (χ1n) is 6.21. The Balaban J connectivity index is 3.11. The first-order valence-corrected chi connectivity index (χ1v) is 6.21. The highest BCUT2D eigenvalue weighted by Gasteiger charge is 2.39. The van der Waals surface area contributed by atoms with E-state index in [0.29, 0.717) is 12.0 Å². The predicted molar refractivity (Wildman–Crippen MR) is 72.4 cm³/mol. The molecule has 0 fully saturated rings. The van der Waals surface area contributed by atoms with Crippen molar-refractivity contribution in [2.45, 2.75) is 18.9 Å². The molecule has 1 N–H and O–H groups in total. The van der Waals surface area contributed by atoms with E-state index in [2.05, 4.69) is 15.3 Å². The van der Waals surface area contributed by atoms with Crippen LogP contribution in [0.15, 0.2) is 29.4 Å². The molecular weight excluding hydrogens is 263 g/mol. The van der Waals surface area contributed by atoms with Crippen LogP contribution in [0.1, 0.15) is 18.9 Å². The summed E-state index contributed by atoms with van der Waals surface area (Å²) in [6, 6.07) is 5.79. The molecule has 1 aromatic rings. The molecule has 0 spiro atoms. The molecule has 1 rings (SSSR count). The van der Waals surface area contributed by atoms with Gasteiger partial charge in [-0.2, -0.15) is 0 Å². The number of rotatable bonds is 7. The van der Waals surface area contributed by atoms with Crippen molar-refractivity contribution in [3.63, 3.8) is 0 Å². The predicted octanol–water partition coefficient (Wildman–Crippen LogP) is 2.50. The van der Waals surface area contributed by atoms with E-state index in [1.54, 1.807) is 13.0 Å². The van der Waals surface area contributed by atoms with Gasteiger partial charge in [-0.15, -0.1) is 0 Å². The molecule has 1 unspecified atom stereocenters. The summed E-state index contributed by atoms with van der Waals surface area (Å²) in [6.07, 6.45) is 0.374. The van der Waals surface area contributed by atoms with E-state index in [1.807, 2.05) is 0 Å². The Morgan fingerprint density at radius 1 is 1.60 bits per heavy atom. The number of azide groups is 1. The van der Waals surface area contributed by atoms with Crippen LogP contribution in [0.2, 0.25) is 0 Å². The number of hydrogen-bond donors (Lipinski definition) is 1. The van der Waals surface area contributed by atoms with Crippen LogP contribution < -0.4 is 5.32 Å². The highest BCUT2D eigenvalue weighted by atomic mass is 19.1. The topological polar surface area (TPSA) is 87.1 Å². The maximum absolute atomic E-state index is 13.4. The number of carbonyl (C=O) groups is 1. The van der Waals surface area contributed by atoms with E-state index in [4.69, 9.17) is 10.3 Å². The van der Waals surface area contributed by atoms with Crippen molar-refractivity contribution < 1.29 is 13.9 Å². The van der Waals surface area contributed by atoms with Crippen molar-refractivity contribution in [2.24, 2.45) is 5.11 Å². The summed E-state index contributed by atoms with van der Waals surface area (Å²) >= 11 is 0. The molecule has 7 heteroatoms. The van der Waals surface area contributed by atoms with Crippen LogP contribution in [0.4, 0.5) is 4.39 Å². The molecule has 20 heavy (non-hydrogen) atoms. The molecule has 0 saturated heterocycles. The van der Waals surface area contributed by atoms with Gasteiger partial charge in [0, 0.05) is 18.0 Å². The van der Waals surface area contributed by atoms with Crippen LogP contribution >= 0.6 is 0 Å². The van der Waals surface area contributed by atoms with Crippen molar-refractivity contribution in [3.8, 4) is 0 Å². The quantitative estimate of drug-likeness (QED) is 0.274. The Labute approximate surface area is 116 Å². The van der Waals surface area contributed by atoms with Gasteiger partial charge < -0.3 is 4.74 Å². The Hall–Kier alpha value is -2.11. The molecule has 0 amide bonds. The number of halogens is 1. The van der Waals surface area contributed by atoms with Crippen LogP contribution in [0.25, 0.3) is 10.4 Å². The SMILES string of the molecule is CCC(NCCN=[N+]=[N-])(C(=O)OC)c1cccc(F)c1. The molecular formula is C13H17FN4O2. The monoisotopic (exact) mass is 280 g/mol. The van der Waals surface area contributed by atoms with E-state index in [1.165, 1.54) is 25.3 Å². The number of nitrogens with zero attached hydrogens (tertiary/aromatic N) is 3. The summed E-state index contributed by atoms with van der Waals surface area (Å²) in [5.74, 6) is -0.937. The Bertz CT molecular complexity index is 517. The smallest absolute Gasteiger partial charge is 0.330 e. The third kappa shape index (κ3) is 3.46. The first-order chi connectivity index (χ1) is 9.60. The lowest BCUT2D eigenvalue weighted by atomic mass is 9.87. The molecule has 0 heterocycles. The van der Waals surface area contributed by atoms with Crippen molar-refractivity contribution >= 4 is 5.97 Å². The summed E-state index contributed by atoms with van der Waals surface area (Å²) in [6.45, 7) is 2.26. The fourth-order valence-electron chi connectivity index (χ4n) is 2.06. The maximum atomic E-state index is 13.4. The van der Waals surface area contributed by atoms with Gasteiger partial charge in [-0.25, -0.2) is 9.18 Å². The summed E-state index contributed by atoms with van der Waals surface area (Å²) < 4.78 is 18.2. The summed E-state index contributed by atoms with van der Waals surface area (Å²) in [5.41, 5.74) is 7.58. The molecule has 1 aromatic carbocycles. The van der Waals surface area contributed by atoms with Crippen molar-refractivity contribution in [2.75, 3.05) is 20.2 Å². The fourth-order valence-corrected chi connectivity index (χ4v) is 2.06. The number of benzene rings is 1. The minimum atomic E-state index is -1.15. The van der Waals surface area contributed by atoms with Gasteiger partial charge in [-0.1, -0.05) is 24.2 Å². The van der Waals surface area contributed by atoms with Gasteiger partial charge >= 0.3 is 5.97 Å². The molecule has 0 bridgehead atoms. The minimum Gasteiger partial charge on any atom is -0.467 e. The van der Waals surface area contributed by atoms with Crippen LogP contribution in [-0.4, -0.2) is 26.2 Å². The largest absolute Gasteiger partial charge is 0.467 e. The van der Waals surface area contributed by atoms with Crippen LogP contribution in [0.3, 0.4) is 0 Å². The molecule has 0 saturated carbocycles. The second-order valence-electron chi connectivity index (χ2n) is 4.14. The molecule has 0 aromatic heterocycles. The van der Waals surface area contributed by atoms with Crippen LogP contribution in [0, 0.1) is 5.82 Å². The minimum absolute atomic E-state index is 0.185. The van der Waals surface area contributed by atoms with Crippen molar-refractivity contribution in [3.05, 3.63) is 46.1 Å². The van der Waals surface area contributed by atoms with Gasteiger partial charge in [-0.3, -0.25) is 5.32 Å². The molecule has 0 radical (unpaired) electrons. The Morgan fingerprint density at radius 3 is 2.90 bits per heavy atom. The summed E-state index contributed by atoms with van der Waals surface area (Å²) in [5, 5.41) is 6.40. The van der Waals surface area contributed by atoms with Gasteiger partial charge in [-0.05, 0) is 29.6 Å². The average Bonchev–Trinajstić information content (AvgIpc) is 2.47. The van der Waals surface area contributed by atoms with Crippen LogP contribution in [0.5, 0.6) is 0 Å². The lowest BCUT2D eigenvalue weighted by molar-refractivity contribution is -0.149. The zero-order valence-electron chi connectivity index (χ0n) is 11.5. The van der Waals surface area contributed by atoms with E-state index in [9.17, 15) is 9.18 Å². The summed E-state index contributed by atoms with van der Waals surface area (Å²) in [4.78, 5) is 14.8. The maximum Gasteiger partial charge on any atom is 0.330 e. The van der Waals surface area contributed by atoms with Crippen LogP contribution in [-0.2, 0) is 15.1 Å². The second-order valence-corrected chi connectivity index (χ2v) is 4.14. The number of carbonyl (C=O) groups excluding carboxylic acids is 1. The summed E-state index contributed by atoms with van der Waals surface area (Å²) in [7, 11) is 1.28. The van der Waals surface area contributed by atoms with E-state index < -0.39 is 17.3 Å². The number of nitrogens with one attached hydrogen (secondary N) is 1. The molecule has 108 valence electrons. The molecule has 1 atom stereocenters. The second kappa shape index (κ2) is 7.47. The average molecular weight is 280 g/mol. The van der Waals surface area contributed by atoms with Gasteiger partial charge in [0.05, 0.1) is 7.11 Å². The zero-order valence-corrected chi connectivity index (χ0v) is 11.5. The van der Waals surface area contributed by atoms with E-state index in [0.717, 1.165) is 0 Å². The number of esters is 1. The van der Waals surface area contributed by atoms with Gasteiger partial charge in [0.15, 0.2) is 0 Å². The lowest BCUT2D eigenvalue weighted by Crippen LogP contribution is -2.50. The van der Waals surface area contributed by atoms with Gasteiger partial charge in [0.2, 0.25) is 0 Å². The normalized spacial score (nSPS) is 13.2. The number of ether oxygens (including phenoxy) is 1. The third-order valence-electron chi connectivity index (χ3n) is 3.08. The van der Waals surface area contributed by atoms with Crippen molar-refractivity contribution in [1.29, 1.82) is 0 Å². The lowest BCUT2D eigenvalue weighted by Gasteiger charge is -2.31. The third-order valence-corrected chi connectivity index (χ3v) is 3.08. The Kier molecular flexibility index (Phi) is 5.96. The van der Waals surface area contributed by atoms with E-state index in [-0.39, 0.29) is 13.1 Å². The molecule has 6 nitrogen and oxygen atoms in total. The Morgan fingerprint density at radius 2 is 2.35 bits per heavy atom. The van der Waals surface area contributed by atoms with E-state index >= 15 is 0 Å².